The summed E-state index contributed by atoms with van der Waals surface area (Å²) in [4.78, 5) is 22.0. The molecule has 0 aliphatic heterocycles. The van der Waals surface area contributed by atoms with Crippen LogP contribution in [0.4, 0.5) is 0 Å². The number of thiophene rings is 1. The van der Waals surface area contributed by atoms with E-state index in [1.54, 1.807) is 13.0 Å². The molecule has 0 saturated carbocycles. The Morgan fingerprint density at radius 3 is 2.67 bits per heavy atom. The van der Waals surface area contributed by atoms with Crippen LogP contribution >= 0.6 is 22.9 Å². The maximum absolute atomic E-state index is 11.4. The van der Waals surface area contributed by atoms with Crippen LogP contribution in [0.5, 0.6) is 0 Å². The highest BCUT2D eigenvalue weighted by Crippen LogP contribution is 2.26. The lowest BCUT2D eigenvalue weighted by Crippen LogP contribution is -2.13. The number of aryl methyl sites for hydroxylation is 1. The monoisotopic (exact) mass is 248 g/mol. The van der Waals surface area contributed by atoms with Gasteiger partial charge in [-0.25, -0.2) is 4.79 Å². The van der Waals surface area contributed by atoms with Gasteiger partial charge in [0.2, 0.25) is 0 Å². The number of carbonyl (C=O) groups excluding carboxylic acids is 1. The number of hydrogen-bond acceptors (Lipinski definition) is 4. The maximum Gasteiger partial charge on any atom is 0.329 e. The topological polar surface area (TPSA) is 63.6 Å². The average molecular weight is 249 g/mol. The number of rotatable bonds is 5. The van der Waals surface area contributed by atoms with Crippen molar-refractivity contribution < 1.29 is 19.4 Å². The minimum absolute atomic E-state index is 0.234. The molecule has 0 fully saturated rings. The van der Waals surface area contributed by atoms with E-state index in [0.29, 0.717) is 9.21 Å². The molecule has 0 bridgehead atoms. The SMILES string of the molecule is Cc1cc(C(=O)COCC(=O)O)sc1Cl. The third kappa shape index (κ3) is 3.62. The molecule has 0 aromatic carbocycles. The van der Waals surface area contributed by atoms with Crippen molar-refractivity contribution in [3.05, 3.63) is 20.8 Å². The zero-order chi connectivity index (χ0) is 11.4. The normalized spacial score (nSPS) is 10.3. The second kappa shape index (κ2) is 5.25. The Morgan fingerprint density at radius 1 is 1.53 bits per heavy atom. The predicted molar refractivity (Wildman–Crippen MR) is 56.9 cm³/mol. The number of carbonyl (C=O) groups is 2. The van der Waals surface area contributed by atoms with Crippen LogP contribution in [0, 0.1) is 6.92 Å². The summed E-state index contributed by atoms with van der Waals surface area (Å²) in [6, 6.07) is 1.67. The Morgan fingerprint density at radius 2 is 2.20 bits per heavy atom. The van der Waals surface area contributed by atoms with E-state index >= 15 is 0 Å². The highest BCUT2D eigenvalue weighted by molar-refractivity contribution is 7.18. The number of halogens is 1. The molecular weight excluding hydrogens is 240 g/mol. The van der Waals surface area contributed by atoms with E-state index in [4.69, 9.17) is 16.7 Å². The first-order valence-corrected chi connectivity index (χ1v) is 5.29. The summed E-state index contributed by atoms with van der Waals surface area (Å²) in [7, 11) is 0. The van der Waals surface area contributed by atoms with Gasteiger partial charge in [-0.1, -0.05) is 11.6 Å². The lowest BCUT2D eigenvalue weighted by Gasteiger charge is -1.97. The van der Waals surface area contributed by atoms with Gasteiger partial charge >= 0.3 is 5.97 Å². The third-order valence-electron chi connectivity index (χ3n) is 1.59. The maximum atomic E-state index is 11.4. The van der Waals surface area contributed by atoms with Gasteiger partial charge in [-0.3, -0.25) is 4.79 Å². The van der Waals surface area contributed by atoms with Crippen molar-refractivity contribution >= 4 is 34.7 Å². The van der Waals surface area contributed by atoms with E-state index in [1.165, 1.54) is 11.3 Å². The summed E-state index contributed by atoms with van der Waals surface area (Å²) in [6.07, 6.45) is 0. The summed E-state index contributed by atoms with van der Waals surface area (Å²) < 4.78 is 5.24. The lowest BCUT2D eigenvalue weighted by molar-refractivity contribution is -0.141. The Labute approximate surface area is 95.4 Å². The van der Waals surface area contributed by atoms with Gasteiger partial charge in [0.15, 0.2) is 5.78 Å². The largest absolute Gasteiger partial charge is 0.480 e. The van der Waals surface area contributed by atoms with Gasteiger partial charge < -0.3 is 9.84 Å². The van der Waals surface area contributed by atoms with Crippen molar-refractivity contribution in [1.82, 2.24) is 0 Å². The van der Waals surface area contributed by atoms with Crippen LogP contribution < -0.4 is 0 Å². The second-order valence-corrected chi connectivity index (χ2v) is 4.53. The molecule has 4 nitrogen and oxygen atoms in total. The van der Waals surface area contributed by atoms with Gasteiger partial charge in [-0.2, -0.15) is 0 Å². The fourth-order valence-electron chi connectivity index (χ4n) is 0.899. The van der Waals surface area contributed by atoms with E-state index in [1.807, 2.05) is 0 Å². The number of ketones is 1. The summed E-state index contributed by atoms with van der Waals surface area (Å²) >= 11 is 6.96. The number of carboxylic acid groups (broad SMARTS) is 1. The molecule has 0 atom stereocenters. The smallest absolute Gasteiger partial charge is 0.329 e. The summed E-state index contributed by atoms with van der Waals surface area (Å²) in [5, 5.41) is 8.29. The molecule has 0 unspecified atom stereocenters. The quantitative estimate of drug-likeness (QED) is 0.810. The van der Waals surface area contributed by atoms with Crippen LogP contribution in [-0.4, -0.2) is 30.1 Å². The first-order valence-electron chi connectivity index (χ1n) is 4.09. The second-order valence-electron chi connectivity index (χ2n) is 2.88. The van der Waals surface area contributed by atoms with Crippen LogP contribution in [0.25, 0.3) is 0 Å². The number of Topliss-reactive ketones (excluding diaryl/α,β-unsaturated/α-hetero) is 1. The minimum atomic E-state index is -1.09. The Kier molecular flexibility index (Phi) is 4.26. The van der Waals surface area contributed by atoms with Crippen LogP contribution in [0.15, 0.2) is 6.07 Å². The average Bonchev–Trinajstić information content (AvgIpc) is 2.46. The molecule has 15 heavy (non-hydrogen) atoms. The first kappa shape index (κ1) is 12.2. The van der Waals surface area contributed by atoms with Gasteiger partial charge in [0, 0.05) is 0 Å². The van der Waals surface area contributed by atoms with Crippen molar-refractivity contribution in [2.24, 2.45) is 0 Å². The molecule has 0 spiro atoms. The third-order valence-corrected chi connectivity index (χ3v) is 3.19. The number of carboxylic acids is 1. The molecule has 1 aromatic heterocycles. The molecule has 0 saturated heterocycles. The fraction of sp³-hybridized carbons (Fsp3) is 0.333. The molecule has 82 valence electrons. The van der Waals surface area contributed by atoms with Crippen LogP contribution in [0.3, 0.4) is 0 Å². The predicted octanol–water partition coefficient (Wildman–Crippen LogP) is 1.99. The summed E-state index contributed by atoms with van der Waals surface area (Å²) in [5.41, 5.74) is 0.836. The van der Waals surface area contributed by atoms with E-state index in [9.17, 15) is 9.59 Å². The lowest BCUT2D eigenvalue weighted by atomic mass is 10.3. The van der Waals surface area contributed by atoms with E-state index in [-0.39, 0.29) is 12.4 Å². The van der Waals surface area contributed by atoms with Gasteiger partial charge in [-0.05, 0) is 18.6 Å². The van der Waals surface area contributed by atoms with Crippen molar-refractivity contribution in [2.75, 3.05) is 13.2 Å². The number of aliphatic carboxylic acids is 1. The van der Waals surface area contributed by atoms with E-state index < -0.39 is 12.6 Å². The highest BCUT2D eigenvalue weighted by Gasteiger charge is 2.12. The molecular formula is C9H9ClO4S. The van der Waals surface area contributed by atoms with Crippen molar-refractivity contribution in [3.8, 4) is 0 Å². The van der Waals surface area contributed by atoms with E-state index in [2.05, 4.69) is 4.74 Å². The Hall–Kier alpha value is -0.910. The van der Waals surface area contributed by atoms with Crippen LogP contribution in [0.2, 0.25) is 4.34 Å². The van der Waals surface area contributed by atoms with Crippen molar-refractivity contribution in [2.45, 2.75) is 6.92 Å². The first-order chi connectivity index (χ1) is 7.00. The molecule has 0 amide bonds. The van der Waals surface area contributed by atoms with Crippen LogP contribution in [-0.2, 0) is 9.53 Å². The standard InChI is InChI=1S/C9H9ClO4S/c1-5-2-7(15-9(5)10)6(11)3-14-4-8(12)13/h2H,3-4H2,1H3,(H,12,13). The van der Waals surface area contributed by atoms with Crippen molar-refractivity contribution in [1.29, 1.82) is 0 Å². The van der Waals surface area contributed by atoms with Gasteiger partial charge in [0.25, 0.3) is 0 Å². The molecule has 0 aliphatic rings. The zero-order valence-electron chi connectivity index (χ0n) is 7.95. The molecule has 6 heteroatoms. The summed E-state index contributed by atoms with van der Waals surface area (Å²) in [5.74, 6) is -1.35. The Bertz CT molecular complexity index is 366. The fourth-order valence-corrected chi connectivity index (χ4v) is 2.02. The molecule has 1 aromatic rings. The van der Waals surface area contributed by atoms with Crippen molar-refractivity contribution in [3.63, 3.8) is 0 Å². The summed E-state index contributed by atoms with van der Waals surface area (Å²) in [6.45, 7) is 1.10. The number of hydrogen-bond donors (Lipinski definition) is 1. The zero-order valence-corrected chi connectivity index (χ0v) is 9.52. The van der Waals surface area contributed by atoms with E-state index in [0.717, 1.165) is 5.56 Å². The molecule has 1 heterocycles. The highest BCUT2D eigenvalue weighted by atomic mass is 35.5. The Balaban J connectivity index is 2.50. The molecule has 0 radical (unpaired) electrons. The molecule has 1 rings (SSSR count). The van der Waals surface area contributed by atoms with Crippen LogP contribution in [0.1, 0.15) is 15.2 Å². The van der Waals surface area contributed by atoms with Gasteiger partial charge in [0.1, 0.15) is 13.2 Å². The van der Waals surface area contributed by atoms with Gasteiger partial charge in [-0.15, -0.1) is 11.3 Å². The molecule has 1 N–H and O–H groups in total. The van der Waals surface area contributed by atoms with Gasteiger partial charge in [0.05, 0.1) is 9.21 Å². The number of ether oxygens (including phenoxy) is 1. The minimum Gasteiger partial charge on any atom is -0.480 e. The molecule has 0 aliphatic carbocycles.